The van der Waals surface area contributed by atoms with Crippen molar-refractivity contribution in [1.82, 2.24) is 0 Å². The van der Waals surface area contributed by atoms with Crippen LogP contribution in [0.2, 0.25) is 0 Å². The molecule has 0 aromatic carbocycles. The average Bonchev–Trinajstić information content (AvgIpc) is 2.28. The molecule has 0 aromatic rings. The molecule has 0 amide bonds. The number of sulfone groups is 1. The van der Waals surface area contributed by atoms with Gasteiger partial charge in [0.2, 0.25) is 0 Å². The van der Waals surface area contributed by atoms with E-state index in [4.69, 9.17) is 0 Å². The van der Waals surface area contributed by atoms with Crippen molar-refractivity contribution in [3.63, 3.8) is 0 Å². The fourth-order valence-corrected chi connectivity index (χ4v) is 3.89. The molecule has 2 atom stereocenters. The maximum absolute atomic E-state index is 11.2. The summed E-state index contributed by atoms with van der Waals surface area (Å²) in [5.41, 5.74) is 0. The molecule has 1 aliphatic rings. The molecule has 2 N–H and O–H groups in total. The Bertz CT molecular complexity index is 259. The Hall–Kier alpha value is -0.130. The van der Waals surface area contributed by atoms with Gasteiger partial charge in [-0.25, -0.2) is 8.42 Å². The zero-order chi connectivity index (χ0) is 10.1. The molecule has 1 aliphatic heterocycles. The van der Waals surface area contributed by atoms with Gasteiger partial charge in [-0.3, -0.25) is 0 Å². The Balaban J connectivity index is 2.72. The van der Waals surface area contributed by atoms with E-state index in [9.17, 15) is 13.5 Å². The molecule has 0 aromatic heterocycles. The molecule has 0 spiro atoms. The van der Waals surface area contributed by atoms with E-state index in [0.717, 1.165) is 13.1 Å². The number of nitrogens with one attached hydrogen (secondary N) is 1. The fourth-order valence-electron chi connectivity index (χ4n) is 1.99. The van der Waals surface area contributed by atoms with Crippen LogP contribution in [0.25, 0.3) is 0 Å². The van der Waals surface area contributed by atoms with Crippen LogP contribution in [-0.4, -0.2) is 50.3 Å². The minimum Gasteiger partial charge on any atom is -0.386 e. The largest absolute Gasteiger partial charge is 0.386 e. The molecule has 5 heteroatoms. The summed E-state index contributed by atoms with van der Waals surface area (Å²) in [5.74, 6) is 0.0896. The van der Waals surface area contributed by atoms with Crippen molar-refractivity contribution in [1.29, 1.82) is 0 Å². The number of aliphatic hydroxyl groups excluding tert-OH is 1. The van der Waals surface area contributed by atoms with Gasteiger partial charge in [-0.15, -0.1) is 0 Å². The highest BCUT2D eigenvalue weighted by molar-refractivity contribution is 7.91. The van der Waals surface area contributed by atoms with Crippen LogP contribution in [0.5, 0.6) is 0 Å². The van der Waals surface area contributed by atoms with E-state index in [1.807, 2.05) is 13.8 Å². The predicted octanol–water partition coefficient (Wildman–Crippen LogP) is -1.93. The molecule has 0 unspecified atom stereocenters. The topological polar surface area (TPSA) is 58.8 Å². The molecular weight excluding hydrogens is 190 g/mol. The quantitative estimate of drug-likeness (QED) is 0.568. The average molecular weight is 208 g/mol. The van der Waals surface area contributed by atoms with Gasteiger partial charge < -0.3 is 10.0 Å². The number of likely N-dealkylation sites (N-methyl/N-ethyl adjacent to an activating group) is 1. The van der Waals surface area contributed by atoms with E-state index in [2.05, 4.69) is 0 Å². The standard InChI is InChI=1S/C8H17NO3S/c1-3-9(4-2)7-5-13(11,12)6-8(7)10/h7-8,10H,3-6H2,1-2H3/p+1/t7-,8+/m0/s1. The summed E-state index contributed by atoms with van der Waals surface area (Å²) in [7, 11) is -2.98. The summed E-state index contributed by atoms with van der Waals surface area (Å²) in [6.07, 6.45) is -0.667. The third-order valence-corrected chi connectivity index (χ3v) is 4.47. The Labute approximate surface area is 79.5 Å². The summed E-state index contributed by atoms with van der Waals surface area (Å²) in [5, 5.41) is 9.56. The van der Waals surface area contributed by atoms with Gasteiger partial charge in [-0.2, -0.15) is 0 Å². The van der Waals surface area contributed by atoms with Crippen molar-refractivity contribution in [2.24, 2.45) is 0 Å². The van der Waals surface area contributed by atoms with Crippen LogP contribution in [-0.2, 0) is 9.84 Å². The molecular formula is C8H18NO3S+. The molecule has 13 heavy (non-hydrogen) atoms. The second-order valence-electron chi connectivity index (χ2n) is 3.62. The maximum Gasteiger partial charge on any atom is 0.159 e. The van der Waals surface area contributed by atoms with Crippen LogP contribution in [0.15, 0.2) is 0 Å². The SMILES string of the molecule is CC[NH+](CC)[C@H]1CS(=O)(=O)C[C@H]1O. The molecule has 1 rings (SSSR count). The van der Waals surface area contributed by atoms with Crippen LogP contribution in [0.3, 0.4) is 0 Å². The number of quaternary nitrogens is 1. The minimum absolute atomic E-state index is 0.0544. The highest BCUT2D eigenvalue weighted by Crippen LogP contribution is 2.09. The molecule has 0 radical (unpaired) electrons. The Morgan fingerprint density at radius 3 is 2.15 bits per heavy atom. The molecule has 1 heterocycles. The van der Waals surface area contributed by atoms with E-state index < -0.39 is 15.9 Å². The summed E-state index contributed by atoms with van der Waals surface area (Å²) < 4.78 is 22.4. The number of rotatable bonds is 3. The van der Waals surface area contributed by atoms with Crippen molar-refractivity contribution in [3.05, 3.63) is 0 Å². The van der Waals surface area contributed by atoms with Crippen molar-refractivity contribution >= 4 is 9.84 Å². The zero-order valence-electron chi connectivity index (χ0n) is 8.16. The molecule has 4 nitrogen and oxygen atoms in total. The lowest BCUT2D eigenvalue weighted by atomic mass is 10.2. The van der Waals surface area contributed by atoms with Crippen LogP contribution in [0.4, 0.5) is 0 Å². The van der Waals surface area contributed by atoms with Crippen molar-refractivity contribution in [2.75, 3.05) is 24.6 Å². The highest BCUT2D eigenvalue weighted by Gasteiger charge is 2.41. The van der Waals surface area contributed by atoms with Crippen molar-refractivity contribution < 1.29 is 18.4 Å². The lowest BCUT2D eigenvalue weighted by molar-refractivity contribution is -0.922. The molecule has 78 valence electrons. The van der Waals surface area contributed by atoms with Crippen LogP contribution < -0.4 is 4.90 Å². The van der Waals surface area contributed by atoms with Gasteiger partial charge in [-0.05, 0) is 13.8 Å². The molecule has 1 saturated heterocycles. The third kappa shape index (κ3) is 2.42. The minimum atomic E-state index is -2.98. The fraction of sp³-hybridized carbons (Fsp3) is 1.00. The molecule has 0 saturated carbocycles. The van der Waals surface area contributed by atoms with Gasteiger partial charge in [0.25, 0.3) is 0 Å². The van der Waals surface area contributed by atoms with Crippen molar-refractivity contribution in [2.45, 2.75) is 26.0 Å². The van der Waals surface area contributed by atoms with Gasteiger partial charge in [0.1, 0.15) is 17.9 Å². The van der Waals surface area contributed by atoms with Crippen LogP contribution in [0.1, 0.15) is 13.8 Å². The second-order valence-corrected chi connectivity index (χ2v) is 5.77. The molecule has 0 bridgehead atoms. The van der Waals surface area contributed by atoms with E-state index in [-0.39, 0.29) is 17.5 Å². The first kappa shape index (κ1) is 10.9. The zero-order valence-corrected chi connectivity index (χ0v) is 8.97. The number of hydrogen-bond acceptors (Lipinski definition) is 3. The Kier molecular flexibility index (Phi) is 3.32. The van der Waals surface area contributed by atoms with Crippen LogP contribution in [0, 0.1) is 0 Å². The maximum atomic E-state index is 11.2. The van der Waals surface area contributed by atoms with Crippen LogP contribution >= 0.6 is 0 Å². The summed E-state index contributed by atoms with van der Waals surface area (Å²) in [6, 6.07) is -0.111. The lowest BCUT2D eigenvalue weighted by Crippen LogP contribution is -3.16. The Morgan fingerprint density at radius 1 is 1.31 bits per heavy atom. The van der Waals surface area contributed by atoms with E-state index in [0.29, 0.717) is 0 Å². The van der Waals surface area contributed by atoms with Gasteiger partial charge in [0, 0.05) is 0 Å². The second kappa shape index (κ2) is 3.94. The predicted molar refractivity (Wildman–Crippen MR) is 50.5 cm³/mol. The van der Waals surface area contributed by atoms with Crippen molar-refractivity contribution in [3.8, 4) is 0 Å². The smallest absolute Gasteiger partial charge is 0.159 e. The monoisotopic (exact) mass is 208 g/mol. The van der Waals surface area contributed by atoms with Gasteiger partial charge in [0.05, 0.1) is 18.8 Å². The van der Waals surface area contributed by atoms with E-state index >= 15 is 0 Å². The lowest BCUT2D eigenvalue weighted by Gasteiger charge is -2.24. The summed E-state index contributed by atoms with van der Waals surface area (Å²) >= 11 is 0. The number of hydrogen-bond donors (Lipinski definition) is 2. The Morgan fingerprint density at radius 2 is 1.85 bits per heavy atom. The van der Waals surface area contributed by atoms with Gasteiger partial charge >= 0.3 is 0 Å². The highest BCUT2D eigenvalue weighted by atomic mass is 32.2. The number of aliphatic hydroxyl groups is 1. The van der Waals surface area contributed by atoms with E-state index in [1.165, 1.54) is 4.90 Å². The van der Waals surface area contributed by atoms with E-state index in [1.54, 1.807) is 0 Å². The third-order valence-electron chi connectivity index (χ3n) is 2.76. The summed E-state index contributed by atoms with van der Waals surface area (Å²) in [4.78, 5) is 1.17. The molecule has 0 aliphatic carbocycles. The first-order chi connectivity index (χ1) is 6.00. The van der Waals surface area contributed by atoms with Gasteiger partial charge in [-0.1, -0.05) is 0 Å². The normalized spacial score (nSPS) is 32.6. The molecule has 1 fully saturated rings. The summed E-state index contributed by atoms with van der Waals surface area (Å²) in [6.45, 7) is 5.76. The van der Waals surface area contributed by atoms with Gasteiger partial charge in [0.15, 0.2) is 9.84 Å². The first-order valence-electron chi connectivity index (χ1n) is 4.73. The first-order valence-corrected chi connectivity index (χ1v) is 6.55.